The molecule has 0 aromatic rings. The summed E-state index contributed by atoms with van der Waals surface area (Å²) in [7, 11) is 0. The third kappa shape index (κ3) is 6.05. The molecule has 0 radical (unpaired) electrons. The van der Waals surface area contributed by atoms with Crippen LogP contribution in [0.3, 0.4) is 0 Å². The summed E-state index contributed by atoms with van der Waals surface area (Å²) in [5, 5.41) is 2.75. The maximum Gasteiger partial charge on any atom is 0.236 e. The Morgan fingerprint density at radius 2 is 1.84 bits per heavy atom. The van der Waals surface area contributed by atoms with Crippen LogP contribution < -0.4 is 11.1 Å². The molecule has 110 valence electrons. The summed E-state index contributed by atoms with van der Waals surface area (Å²) >= 11 is 0. The average molecular weight is 269 g/mol. The van der Waals surface area contributed by atoms with Gasteiger partial charge in [0, 0.05) is 26.1 Å². The summed E-state index contributed by atoms with van der Waals surface area (Å²) < 4.78 is 0. The predicted octanol–water partition coefficient (Wildman–Crippen LogP) is 0.879. The Morgan fingerprint density at radius 3 is 2.42 bits per heavy atom. The van der Waals surface area contributed by atoms with Crippen LogP contribution in [0, 0.1) is 5.92 Å². The number of hydrogen-bond acceptors (Lipinski definition) is 3. The summed E-state index contributed by atoms with van der Waals surface area (Å²) in [6.07, 6.45) is 4.45. The highest BCUT2D eigenvalue weighted by Crippen LogP contribution is 2.09. The van der Waals surface area contributed by atoms with Crippen molar-refractivity contribution < 1.29 is 9.59 Å². The Balaban J connectivity index is 2.18. The fraction of sp³-hybridized carbons (Fsp3) is 0.857. The molecule has 1 saturated heterocycles. The van der Waals surface area contributed by atoms with E-state index in [4.69, 9.17) is 5.73 Å². The lowest BCUT2D eigenvalue weighted by molar-refractivity contribution is -0.132. The Hall–Kier alpha value is -1.10. The van der Waals surface area contributed by atoms with Crippen LogP contribution in [-0.2, 0) is 9.59 Å². The molecule has 0 saturated carbocycles. The number of rotatable bonds is 6. The zero-order valence-electron chi connectivity index (χ0n) is 12.2. The zero-order valence-corrected chi connectivity index (χ0v) is 12.2. The van der Waals surface area contributed by atoms with Crippen molar-refractivity contribution >= 4 is 11.8 Å². The number of likely N-dealkylation sites (tertiary alicyclic amines) is 1. The number of piperidine rings is 1. The van der Waals surface area contributed by atoms with Crippen LogP contribution in [0.4, 0.5) is 0 Å². The lowest BCUT2D eigenvalue weighted by Gasteiger charge is -2.26. The van der Waals surface area contributed by atoms with E-state index in [1.165, 1.54) is 6.42 Å². The van der Waals surface area contributed by atoms with E-state index in [1.807, 2.05) is 18.7 Å². The summed E-state index contributed by atoms with van der Waals surface area (Å²) in [6, 6.07) is -0.468. The lowest BCUT2D eigenvalue weighted by atomic mass is 10.0. The highest BCUT2D eigenvalue weighted by molar-refractivity contribution is 5.82. The van der Waals surface area contributed by atoms with E-state index in [-0.39, 0.29) is 11.8 Å². The summed E-state index contributed by atoms with van der Waals surface area (Å²) in [4.78, 5) is 25.4. The van der Waals surface area contributed by atoms with E-state index in [2.05, 4.69) is 5.32 Å². The van der Waals surface area contributed by atoms with Gasteiger partial charge in [0.25, 0.3) is 0 Å². The fourth-order valence-electron chi connectivity index (χ4n) is 2.34. The molecule has 1 aliphatic heterocycles. The molecule has 3 N–H and O–H groups in total. The molecule has 5 heteroatoms. The topological polar surface area (TPSA) is 75.4 Å². The molecular weight excluding hydrogens is 242 g/mol. The van der Waals surface area contributed by atoms with Gasteiger partial charge in [-0.2, -0.15) is 0 Å². The van der Waals surface area contributed by atoms with Gasteiger partial charge in [0.1, 0.15) is 0 Å². The zero-order chi connectivity index (χ0) is 14.3. The van der Waals surface area contributed by atoms with Gasteiger partial charge < -0.3 is 16.0 Å². The summed E-state index contributed by atoms with van der Waals surface area (Å²) in [5.41, 5.74) is 5.77. The number of amides is 2. The first-order chi connectivity index (χ1) is 9.00. The quantitative estimate of drug-likeness (QED) is 0.751. The van der Waals surface area contributed by atoms with E-state index >= 15 is 0 Å². The van der Waals surface area contributed by atoms with Gasteiger partial charge in [-0.25, -0.2) is 0 Å². The molecule has 0 aromatic heterocycles. The van der Waals surface area contributed by atoms with Gasteiger partial charge in [-0.3, -0.25) is 9.59 Å². The maximum absolute atomic E-state index is 11.9. The minimum Gasteiger partial charge on any atom is -0.354 e. The number of carbonyl (C=O) groups excluding carboxylic acids is 2. The Bertz CT molecular complexity index is 299. The first-order valence-corrected chi connectivity index (χ1v) is 7.31. The normalized spacial score (nSPS) is 17.4. The van der Waals surface area contributed by atoms with Crippen molar-refractivity contribution in [1.82, 2.24) is 10.2 Å². The van der Waals surface area contributed by atoms with Crippen LogP contribution in [0.5, 0.6) is 0 Å². The number of nitrogens with zero attached hydrogens (tertiary/aromatic N) is 1. The second-order valence-corrected chi connectivity index (χ2v) is 5.72. The van der Waals surface area contributed by atoms with Gasteiger partial charge >= 0.3 is 0 Å². The van der Waals surface area contributed by atoms with Crippen LogP contribution >= 0.6 is 0 Å². The second kappa shape index (κ2) is 8.15. The van der Waals surface area contributed by atoms with Crippen molar-refractivity contribution in [3.05, 3.63) is 0 Å². The molecule has 0 spiro atoms. The van der Waals surface area contributed by atoms with Gasteiger partial charge in [-0.1, -0.05) is 13.8 Å². The molecule has 1 rings (SSSR count). The molecular formula is C14H27N3O2. The van der Waals surface area contributed by atoms with Crippen molar-refractivity contribution in [2.24, 2.45) is 11.7 Å². The Kier molecular flexibility index (Phi) is 6.84. The molecule has 0 aliphatic carbocycles. The highest BCUT2D eigenvalue weighted by atomic mass is 16.2. The second-order valence-electron chi connectivity index (χ2n) is 5.72. The van der Waals surface area contributed by atoms with Crippen molar-refractivity contribution in [2.75, 3.05) is 19.6 Å². The van der Waals surface area contributed by atoms with E-state index in [9.17, 15) is 9.59 Å². The number of nitrogens with one attached hydrogen (secondary N) is 1. The molecule has 2 amide bonds. The van der Waals surface area contributed by atoms with E-state index in [0.29, 0.717) is 25.3 Å². The maximum atomic E-state index is 11.9. The third-order valence-electron chi connectivity index (χ3n) is 3.41. The minimum absolute atomic E-state index is 0.137. The number of nitrogens with two attached hydrogens (primary N) is 1. The summed E-state index contributed by atoms with van der Waals surface area (Å²) in [6.45, 7) is 6.18. The van der Waals surface area contributed by atoms with Crippen molar-refractivity contribution in [3.8, 4) is 0 Å². The molecule has 5 nitrogen and oxygen atoms in total. The standard InChI is InChI=1S/C14H27N3O2/c1-11(2)10-12(15)14(19)16-7-6-13(18)17-8-4-3-5-9-17/h11-12H,3-10,15H2,1-2H3,(H,16,19)/t12-/m1/s1. The molecule has 1 heterocycles. The van der Waals surface area contributed by atoms with Gasteiger partial charge in [-0.05, 0) is 31.6 Å². The van der Waals surface area contributed by atoms with Crippen LogP contribution in [-0.4, -0.2) is 42.4 Å². The summed E-state index contributed by atoms with van der Waals surface area (Å²) in [5.74, 6) is 0.383. The monoisotopic (exact) mass is 269 g/mol. The molecule has 1 fully saturated rings. The number of carbonyl (C=O) groups is 2. The Morgan fingerprint density at radius 1 is 1.21 bits per heavy atom. The van der Waals surface area contributed by atoms with E-state index < -0.39 is 6.04 Å². The minimum atomic E-state index is -0.468. The van der Waals surface area contributed by atoms with E-state index in [1.54, 1.807) is 0 Å². The molecule has 0 bridgehead atoms. The lowest BCUT2D eigenvalue weighted by Crippen LogP contribution is -2.43. The smallest absolute Gasteiger partial charge is 0.236 e. The average Bonchev–Trinajstić information content (AvgIpc) is 2.38. The van der Waals surface area contributed by atoms with Crippen LogP contribution in [0.25, 0.3) is 0 Å². The first kappa shape index (κ1) is 16.0. The largest absolute Gasteiger partial charge is 0.354 e. The molecule has 19 heavy (non-hydrogen) atoms. The first-order valence-electron chi connectivity index (χ1n) is 7.31. The third-order valence-corrected chi connectivity index (χ3v) is 3.41. The van der Waals surface area contributed by atoms with Crippen LogP contribution in [0.2, 0.25) is 0 Å². The van der Waals surface area contributed by atoms with Crippen molar-refractivity contribution in [2.45, 2.75) is 52.0 Å². The van der Waals surface area contributed by atoms with Gasteiger partial charge in [0.15, 0.2) is 0 Å². The molecule has 1 aliphatic rings. The van der Waals surface area contributed by atoms with Gasteiger partial charge in [0.05, 0.1) is 6.04 Å². The van der Waals surface area contributed by atoms with Crippen molar-refractivity contribution in [3.63, 3.8) is 0 Å². The number of hydrogen-bond donors (Lipinski definition) is 2. The van der Waals surface area contributed by atoms with Crippen LogP contribution in [0.1, 0.15) is 46.0 Å². The van der Waals surface area contributed by atoms with Crippen LogP contribution in [0.15, 0.2) is 0 Å². The van der Waals surface area contributed by atoms with E-state index in [0.717, 1.165) is 25.9 Å². The van der Waals surface area contributed by atoms with Gasteiger partial charge in [0.2, 0.25) is 11.8 Å². The SMILES string of the molecule is CC(C)C[C@@H](N)C(=O)NCCC(=O)N1CCCCC1. The molecule has 1 atom stereocenters. The molecule has 0 unspecified atom stereocenters. The predicted molar refractivity (Wildman–Crippen MR) is 75.5 cm³/mol. The van der Waals surface area contributed by atoms with Gasteiger partial charge in [-0.15, -0.1) is 0 Å². The highest BCUT2D eigenvalue weighted by Gasteiger charge is 2.18. The molecule has 0 aromatic carbocycles. The van der Waals surface area contributed by atoms with Crippen molar-refractivity contribution in [1.29, 1.82) is 0 Å². The fourth-order valence-corrected chi connectivity index (χ4v) is 2.34. The Labute approximate surface area is 115 Å².